The second-order valence-electron chi connectivity index (χ2n) is 7.88. The lowest BCUT2D eigenvalue weighted by molar-refractivity contribution is -0.146. The van der Waals surface area contributed by atoms with Crippen molar-refractivity contribution < 1.29 is 14.7 Å². The van der Waals surface area contributed by atoms with Gasteiger partial charge in [-0.2, -0.15) is 0 Å². The van der Waals surface area contributed by atoms with Crippen LogP contribution in [0.2, 0.25) is 0 Å². The smallest absolute Gasteiger partial charge is 0.307 e. The monoisotopic (exact) mass is 338 g/mol. The highest BCUT2D eigenvalue weighted by atomic mass is 16.4. The van der Waals surface area contributed by atoms with Gasteiger partial charge in [-0.15, -0.1) is 0 Å². The minimum absolute atomic E-state index is 0.0435. The van der Waals surface area contributed by atoms with Gasteiger partial charge in [-0.05, 0) is 50.4 Å². The van der Waals surface area contributed by atoms with E-state index in [9.17, 15) is 14.7 Å². The molecule has 0 unspecified atom stereocenters. The van der Waals surface area contributed by atoms with Crippen LogP contribution in [-0.2, 0) is 4.79 Å². The quantitative estimate of drug-likeness (QED) is 0.631. The average Bonchev–Trinajstić information content (AvgIpc) is 2.67. The van der Waals surface area contributed by atoms with Crippen LogP contribution in [0.1, 0.15) is 61.7 Å². The number of carbonyl (C=O) groups is 2. The van der Waals surface area contributed by atoms with Crippen molar-refractivity contribution in [3.05, 3.63) is 47.0 Å². The summed E-state index contributed by atoms with van der Waals surface area (Å²) in [5.41, 5.74) is 3.55. The topological polar surface area (TPSA) is 54.4 Å². The van der Waals surface area contributed by atoms with Gasteiger partial charge in [0.2, 0.25) is 0 Å². The number of aliphatic carboxylic acids is 1. The molecule has 0 aromatic heterocycles. The van der Waals surface area contributed by atoms with Crippen molar-refractivity contribution in [1.82, 2.24) is 0 Å². The van der Waals surface area contributed by atoms with E-state index in [-0.39, 0.29) is 23.5 Å². The van der Waals surface area contributed by atoms with Crippen molar-refractivity contribution >= 4 is 11.8 Å². The van der Waals surface area contributed by atoms with Gasteiger partial charge in [0.25, 0.3) is 0 Å². The van der Waals surface area contributed by atoms with Crippen LogP contribution in [0.25, 0.3) is 0 Å². The third-order valence-electron chi connectivity index (χ3n) is 6.63. The lowest BCUT2D eigenvalue weighted by Crippen LogP contribution is -2.46. The van der Waals surface area contributed by atoms with Crippen LogP contribution in [0.4, 0.5) is 0 Å². The summed E-state index contributed by atoms with van der Waals surface area (Å²) in [5, 5.41) is 10.1. The molecule has 3 aliphatic rings. The number of fused-ring (bicyclic) bond motifs is 2. The molecule has 1 aromatic carbocycles. The van der Waals surface area contributed by atoms with Gasteiger partial charge >= 0.3 is 5.97 Å². The van der Waals surface area contributed by atoms with Crippen molar-refractivity contribution in [3.8, 4) is 0 Å². The Morgan fingerprint density at radius 1 is 0.800 bits per heavy atom. The zero-order valence-corrected chi connectivity index (χ0v) is 14.6. The van der Waals surface area contributed by atoms with Gasteiger partial charge in [-0.3, -0.25) is 9.59 Å². The molecule has 0 saturated heterocycles. The third kappa shape index (κ3) is 2.84. The second kappa shape index (κ2) is 6.78. The van der Waals surface area contributed by atoms with Crippen molar-refractivity contribution in [3.63, 3.8) is 0 Å². The molecule has 3 aliphatic carbocycles. The van der Waals surface area contributed by atoms with Gasteiger partial charge in [-0.25, -0.2) is 0 Å². The maximum Gasteiger partial charge on any atom is 0.307 e. The minimum atomic E-state index is -0.775. The summed E-state index contributed by atoms with van der Waals surface area (Å²) in [6.07, 6.45) is 8.57. The molecule has 3 heteroatoms. The number of Topliss-reactive ketones (excluding diaryl/α,β-unsaturated/α-hetero) is 1. The first-order valence-corrected chi connectivity index (χ1v) is 9.72. The van der Waals surface area contributed by atoms with Crippen molar-refractivity contribution in [2.24, 2.45) is 23.7 Å². The Morgan fingerprint density at radius 2 is 1.36 bits per heavy atom. The first-order valence-electron chi connectivity index (χ1n) is 9.72. The van der Waals surface area contributed by atoms with E-state index in [1.807, 2.05) is 30.3 Å². The zero-order valence-electron chi connectivity index (χ0n) is 14.6. The number of benzene rings is 1. The summed E-state index contributed by atoms with van der Waals surface area (Å²) in [6.45, 7) is 0. The predicted octanol–water partition coefficient (Wildman–Crippen LogP) is 4.88. The van der Waals surface area contributed by atoms with E-state index in [2.05, 4.69) is 0 Å². The summed E-state index contributed by atoms with van der Waals surface area (Å²) in [5.74, 6) is -1.44. The van der Waals surface area contributed by atoms with Crippen molar-refractivity contribution in [2.45, 2.75) is 51.4 Å². The van der Waals surface area contributed by atoms with Crippen LogP contribution in [0.3, 0.4) is 0 Å². The summed E-state index contributed by atoms with van der Waals surface area (Å²) >= 11 is 0. The number of carboxylic acid groups (broad SMARTS) is 1. The molecule has 0 spiro atoms. The fourth-order valence-corrected chi connectivity index (χ4v) is 5.64. The Kier molecular flexibility index (Phi) is 4.49. The zero-order chi connectivity index (χ0) is 17.4. The number of allylic oxidation sites excluding steroid dienone is 2. The molecule has 3 nitrogen and oxygen atoms in total. The number of hydrogen-bond donors (Lipinski definition) is 1. The lowest BCUT2D eigenvalue weighted by Gasteiger charge is -2.47. The molecular weight excluding hydrogens is 312 g/mol. The summed E-state index contributed by atoms with van der Waals surface area (Å²) < 4.78 is 0. The molecule has 0 bridgehead atoms. The van der Waals surface area contributed by atoms with Gasteiger partial charge in [0, 0.05) is 11.5 Å². The Morgan fingerprint density at radius 3 is 1.92 bits per heavy atom. The van der Waals surface area contributed by atoms with Crippen molar-refractivity contribution in [1.29, 1.82) is 0 Å². The molecule has 132 valence electrons. The van der Waals surface area contributed by atoms with Crippen LogP contribution in [0.15, 0.2) is 41.5 Å². The van der Waals surface area contributed by atoms with E-state index in [1.165, 1.54) is 24.0 Å². The Labute approximate surface area is 149 Å². The molecule has 1 aromatic rings. The Hall–Kier alpha value is -1.90. The predicted molar refractivity (Wildman–Crippen MR) is 96.3 cm³/mol. The van der Waals surface area contributed by atoms with E-state index in [1.54, 1.807) is 0 Å². The average molecular weight is 338 g/mol. The molecule has 0 heterocycles. The standard InChI is InChI=1S/C22H26O3/c23-21(14-8-2-1-3-9-14)19-17-12-6-4-10-15(17)16-11-5-7-13-18(16)20(19)22(24)25/h1-3,8-9,17-20H,4-7,10-13H2,(H,24,25)/t17-,18+,19+,20+/m0/s1. The van der Waals surface area contributed by atoms with Gasteiger partial charge in [0.1, 0.15) is 0 Å². The van der Waals surface area contributed by atoms with E-state index in [0.717, 1.165) is 38.5 Å². The van der Waals surface area contributed by atoms with E-state index in [0.29, 0.717) is 5.56 Å². The van der Waals surface area contributed by atoms with Gasteiger partial charge in [0.05, 0.1) is 5.92 Å². The molecule has 2 saturated carbocycles. The minimum Gasteiger partial charge on any atom is -0.481 e. The van der Waals surface area contributed by atoms with E-state index >= 15 is 0 Å². The second-order valence-corrected chi connectivity index (χ2v) is 7.88. The molecule has 1 N–H and O–H groups in total. The summed E-state index contributed by atoms with van der Waals surface area (Å²) in [4.78, 5) is 25.6. The highest BCUT2D eigenvalue weighted by molar-refractivity contribution is 6.00. The normalized spacial score (nSPS) is 31.8. The first kappa shape index (κ1) is 16.6. The molecule has 25 heavy (non-hydrogen) atoms. The highest BCUT2D eigenvalue weighted by Crippen LogP contribution is 2.53. The number of carbonyl (C=O) groups excluding carboxylic acids is 1. The maximum atomic E-state index is 13.4. The fraction of sp³-hybridized carbons (Fsp3) is 0.545. The van der Waals surface area contributed by atoms with E-state index in [4.69, 9.17) is 0 Å². The molecule has 2 fully saturated rings. The van der Waals surface area contributed by atoms with Crippen LogP contribution in [-0.4, -0.2) is 16.9 Å². The van der Waals surface area contributed by atoms with Crippen LogP contribution in [0.5, 0.6) is 0 Å². The molecule has 0 radical (unpaired) electrons. The van der Waals surface area contributed by atoms with Crippen LogP contribution in [0, 0.1) is 23.7 Å². The molecule has 4 atom stereocenters. The number of hydrogen-bond acceptors (Lipinski definition) is 2. The Bertz CT molecular complexity index is 703. The SMILES string of the molecule is O=C(O)[C@H]1[C@H](C(=O)c2ccccc2)[C@H]2CCCCC2=C2CCCC[C@H]21. The number of rotatable bonds is 3. The van der Waals surface area contributed by atoms with Crippen LogP contribution >= 0.6 is 0 Å². The summed E-state index contributed by atoms with van der Waals surface area (Å²) in [7, 11) is 0. The molecular formula is C22H26O3. The van der Waals surface area contributed by atoms with Crippen LogP contribution < -0.4 is 0 Å². The maximum absolute atomic E-state index is 13.4. The van der Waals surface area contributed by atoms with Gasteiger partial charge in [-0.1, -0.05) is 54.3 Å². The number of ketones is 1. The molecule has 0 amide bonds. The first-order chi connectivity index (χ1) is 12.2. The molecule has 0 aliphatic heterocycles. The number of carboxylic acids is 1. The Balaban J connectivity index is 1.81. The molecule has 4 rings (SSSR count). The van der Waals surface area contributed by atoms with Gasteiger partial charge < -0.3 is 5.11 Å². The summed E-state index contributed by atoms with van der Waals surface area (Å²) in [6, 6.07) is 9.32. The largest absolute Gasteiger partial charge is 0.481 e. The van der Waals surface area contributed by atoms with Crippen molar-refractivity contribution in [2.75, 3.05) is 0 Å². The third-order valence-corrected chi connectivity index (χ3v) is 6.63. The van der Waals surface area contributed by atoms with E-state index < -0.39 is 11.9 Å². The highest BCUT2D eigenvalue weighted by Gasteiger charge is 2.51. The fourth-order valence-electron chi connectivity index (χ4n) is 5.64. The van der Waals surface area contributed by atoms with Gasteiger partial charge in [0.15, 0.2) is 5.78 Å². The lowest BCUT2D eigenvalue weighted by atomic mass is 9.56.